The van der Waals surface area contributed by atoms with Crippen molar-refractivity contribution in [1.29, 1.82) is 0 Å². The molecule has 0 fully saturated rings. The first-order valence-corrected chi connectivity index (χ1v) is 9.50. The molecule has 2 aromatic heterocycles. The van der Waals surface area contributed by atoms with E-state index in [1.807, 2.05) is 35.8 Å². The van der Waals surface area contributed by atoms with Crippen LogP contribution in [0.2, 0.25) is 0 Å². The Labute approximate surface area is 166 Å². The standard InChI is InChI=1S/C19H21N5O3S/c1-19(2,3)27-18(26)20-10-16(25)24-17-23-15(11-28-17)14-7-5-4-6-13(14)12-8-21-22-9-12/h4-9,11H,10H2,1-3H3,(H,20,26)(H,21,22)(H,23,24,25). The smallest absolute Gasteiger partial charge is 0.408 e. The maximum absolute atomic E-state index is 12.1. The summed E-state index contributed by atoms with van der Waals surface area (Å²) in [7, 11) is 0. The zero-order valence-electron chi connectivity index (χ0n) is 15.8. The largest absolute Gasteiger partial charge is 0.444 e. The van der Waals surface area contributed by atoms with E-state index in [1.165, 1.54) is 11.3 Å². The lowest BCUT2D eigenvalue weighted by Crippen LogP contribution is -2.37. The van der Waals surface area contributed by atoms with E-state index in [0.717, 1.165) is 22.4 Å². The molecule has 0 saturated heterocycles. The monoisotopic (exact) mass is 399 g/mol. The summed E-state index contributed by atoms with van der Waals surface area (Å²) in [4.78, 5) is 28.2. The van der Waals surface area contributed by atoms with Gasteiger partial charge in [0, 0.05) is 22.7 Å². The van der Waals surface area contributed by atoms with Gasteiger partial charge in [0.15, 0.2) is 5.13 Å². The Morgan fingerprint density at radius 1 is 1.21 bits per heavy atom. The van der Waals surface area contributed by atoms with Gasteiger partial charge in [-0.2, -0.15) is 5.10 Å². The Hall–Kier alpha value is -3.20. The fourth-order valence-corrected chi connectivity index (χ4v) is 3.17. The molecule has 0 saturated carbocycles. The third kappa shape index (κ3) is 5.17. The molecular weight excluding hydrogens is 378 g/mol. The van der Waals surface area contributed by atoms with Crippen LogP contribution in [-0.4, -0.2) is 39.3 Å². The number of anilines is 1. The van der Waals surface area contributed by atoms with E-state index in [9.17, 15) is 9.59 Å². The zero-order valence-corrected chi connectivity index (χ0v) is 16.6. The number of nitrogens with zero attached hydrogens (tertiary/aromatic N) is 2. The number of H-pyrrole nitrogens is 1. The number of amides is 2. The van der Waals surface area contributed by atoms with Gasteiger partial charge in [0.2, 0.25) is 5.91 Å². The summed E-state index contributed by atoms with van der Waals surface area (Å²) < 4.78 is 5.10. The van der Waals surface area contributed by atoms with Crippen LogP contribution in [0.3, 0.4) is 0 Å². The second kappa shape index (κ2) is 8.22. The number of alkyl carbamates (subject to hydrolysis) is 1. The normalized spacial score (nSPS) is 11.1. The Balaban J connectivity index is 1.64. The van der Waals surface area contributed by atoms with Crippen LogP contribution in [0.1, 0.15) is 20.8 Å². The molecule has 3 aromatic rings. The molecule has 0 unspecified atom stereocenters. The summed E-state index contributed by atoms with van der Waals surface area (Å²) in [6.45, 7) is 5.07. The summed E-state index contributed by atoms with van der Waals surface area (Å²) in [5.74, 6) is -0.380. The van der Waals surface area contributed by atoms with Crippen LogP contribution in [0.15, 0.2) is 42.0 Å². The maximum Gasteiger partial charge on any atom is 0.408 e. The zero-order chi connectivity index (χ0) is 20.1. The van der Waals surface area contributed by atoms with Crippen LogP contribution in [-0.2, 0) is 9.53 Å². The third-order valence-corrected chi connectivity index (χ3v) is 4.31. The van der Waals surface area contributed by atoms with Gasteiger partial charge in [-0.15, -0.1) is 11.3 Å². The SMILES string of the molecule is CC(C)(C)OC(=O)NCC(=O)Nc1nc(-c2ccccc2-c2cn[nH]c2)cs1. The highest BCUT2D eigenvalue weighted by Crippen LogP contribution is 2.33. The second-order valence-electron chi connectivity index (χ2n) is 6.97. The summed E-state index contributed by atoms with van der Waals surface area (Å²) in [5.41, 5.74) is 3.01. The van der Waals surface area contributed by atoms with E-state index < -0.39 is 11.7 Å². The van der Waals surface area contributed by atoms with Crippen molar-refractivity contribution in [2.75, 3.05) is 11.9 Å². The van der Waals surface area contributed by atoms with Gasteiger partial charge >= 0.3 is 6.09 Å². The molecular formula is C19H21N5O3S. The van der Waals surface area contributed by atoms with Crippen molar-refractivity contribution >= 4 is 28.5 Å². The molecule has 0 atom stereocenters. The molecule has 0 spiro atoms. The first-order valence-electron chi connectivity index (χ1n) is 8.62. The van der Waals surface area contributed by atoms with Crippen molar-refractivity contribution in [1.82, 2.24) is 20.5 Å². The lowest BCUT2D eigenvalue weighted by Gasteiger charge is -2.19. The number of aromatic amines is 1. The predicted molar refractivity (Wildman–Crippen MR) is 108 cm³/mol. The average molecular weight is 399 g/mol. The molecule has 2 amide bonds. The molecule has 0 aliphatic heterocycles. The van der Waals surface area contributed by atoms with Crippen LogP contribution in [0, 0.1) is 0 Å². The predicted octanol–water partition coefficient (Wildman–Crippen LogP) is 3.66. The highest BCUT2D eigenvalue weighted by atomic mass is 32.1. The van der Waals surface area contributed by atoms with Gasteiger partial charge in [-0.05, 0) is 26.3 Å². The van der Waals surface area contributed by atoms with Crippen LogP contribution in [0.4, 0.5) is 9.93 Å². The number of aromatic nitrogens is 3. The average Bonchev–Trinajstić information content (AvgIpc) is 3.30. The molecule has 8 nitrogen and oxygen atoms in total. The van der Waals surface area contributed by atoms with Crippen molar-refractivity contribution in [3.05, 3.63) is 42.0 Å². The quantitative estimate of drug-likeness (QED) is 0.607. The van der Waals surface area contributed by atoms with Gasteiger partial charge in [0.25, 0.3) is 0 Å². The fraction of sp³-hybridized carbons (Fsp3) is 0.263. The molecule has 146 valence electrons. The van der Waals surface area contributed by atoms with Crippen molar-refractivity contribution in [3.8, 4) is 22.4 Å². The highest BCUT2D eigenvalue weighted by Gasteiger charge is 2.17. The van der Waals surface area contributed by atoms with Gasteiger partial charge in [-0.1, -0.05) is 24.3 Å². The van der Waals surface area contributed by atoms with Crippen LogP contribution in [0.5, 0.6) is 0 Å². The number of hydrogen-bond acceptors (Lipinski definition) is 6. The van der Waals surface area contributed by atoms with E-state index in [-0.39, 0.29) is 12.5 Å². The minimum absolute atomic E-state index is 0.199. The topological polar surface area (TPSA) is 109 Å². The van der Waals surface area contributed by atoms with Crippen molar-refractivity contribution in [2.45, 2.75) is 26.4 Å². The number of rotatable bonds is 5. The van der Waals surface area contributed by atoms with Gasteiger partial charge in [0.05, 0.1) is 11.9 Å². The molecule has 3 N–H and O–H groups in total. The Morgan fingerprint density at radius 2 is 1.96 bits per heavy atom. The molecule has 3 rings (SSSR count). The van der Waals surface area contributed by atoms with Crippen molar-refractivity contribution in [3.63, 3.8) is 0 Å². The highest BCUT2D eigenvalue weighted by molar-refractivity contribution is 7.14. The number of nitrogens with one attached hydrogen (secondary N) is 3. The fourth-order valence-electron chi connectivity index (χ4n) is 2.44. The Kier molecular flexibility index (Phi) is 5.74. The number of benzene rings is 1. The number of hydrogen-bond donors (Lipinski definition) is 3. The van der Waals surface area contributed by atoms with E-state index in [1.54, 1.807) is 27.0 Å². The van der Waals surface area contributed by atoms with Crippen molar-refractivity contribution in [2.24, 2.45) is 0 Å². The van der Waals surface area contributed by atoms with Crippen LogP contribution < -0.4 is 10.6 Å². The molecule has 0 aliphatic rings. The molecule has 0 bridgehead atoms. The van der Waals surface area contributed by atoms with Gasteiger partial charge in [-0.25, -0.2) is 9.78 Å². The first-order chi connectivity index (χ1) is 13.3. The first kappa shape index (κ1) is 19.6. The van der Waals surface area contributed by atoms with Crippen LogP contribution in [0.25, 0.3) is 22.4 Å². The number of thiazole rings is 1. The molecule has 2 heterocycles. The minimum Gasteiger partial charge on any atom is -0.444 e. The molecule has 1 aromatic carbocycles. The van der Waals surface area contributed by atoms with E-state index in [0.29, 0.717) is 5.13 Å². The van der Waals surface area contributed by atoms with Crippen LogP contribution >= 0.6 is 11.3 Å². The Bertz CT molecular complexity index is 960. The molecule has 0 radical (unpaired) electrons. The summed E-state index contributed by atoms with van der Waals surface area (Å²) >= 11 is 1.31. The molecule has 28 heavy (non-hydrogen) atoms. The lowest BCUT2D eigenvalue weighted by molar-refractivity contribution is -0.115. The lowest BCUT2D eigenvalue weighted by atomic mass is 10.0. The summed E-state index contributed by atoms with van der Waals surface area (Å²) in [5, 5.41) is 14.2. The van der Waals surface area contributed by atoms with Gasteiger partial charge in [-0.3, -0.25) is 9.89 Å². The number of carbonyl (C=O) groups is 2. The summed E-state index contributed by atoms with van der Waals surface area (Å²) in [6.07, 6.45) is 2.92. The van der Waals surface area contributed by atoms with Gasteiger partial charge in [0.1, 0.15) is 12.1 Å². The molecule has 9 heteroatoms. The number of carbonyl (C=O) groups excluding carboxylic acids is 2. The van der Waals surface area contributed by atoms with Crippen molar-refractivity contribution < 1.29 is 14.3 Å². The van der Waals surface area contributed by atoms with E-state index in [4.69, 9.17) is 4.74 Å². The number of ether oxygens (including phenoxy) is 1. The van der Waals surface area contributed by atoms with E-state index >= 15 is 0 Å². The maximum atomic E-state index is 12.1. The minimum atomic E-state index is -0.642. The van der Waals surface area contributed by atoms with Gasteiger partial charge < -0.3 is 15.4 Å². The van der Waals surface area contributed by atoms with E-state index in [2.05, 4.69) is 25.8 Å². The Morgan fingerprint density at radius 3 is 2.64 bits per heavy atom. The summed E-state index contributed by atoms with van der Waals surface area (Å²) in [6, 6.07) is 7.83. The third-order valence-electron chi connectivity index (χ3n) is 3.55. The second-order valence-corrected chi connectivity index (χ2v) is 7.83. The molecule has 0 aliphatic carbocycles.